The quantitative estimate of drug-likeness (QED) is 0.859. The summed E-state index contributed by atoms with van der Waals surface area (Å²) in [4.78, 5) is 26.0. The number of ether oxygens (including phenoxy) is 2. The molecule has 0 saturated carbocycles. The molecule has 5 nitrogen and oxygen atoms in total. The van der Waals surface area contributed by atoms with Crippen LogP contribution in [0.5, 0.6) is 5.75 Å². The fourth-order valence-electron chi connectivity index (χ4n) is 2.66. The number of likely N-dealkylation sites (tertiary alicyclic amines) is 1. The summed E-state index contributed by atoms with van der Waals surface area (Å²) in [7, 11) is 1.62. The maximum Gasteiger partial charge on any atom is 0.410 e. The fraction of sp³-hybridized carbons (Fsp3) is 0.556. The summed E-state index contributed by atoms with van der Waals surface area (Å²) >= 11 is 0. The van der Waals surface area contributed by atoms with Crippen molar-refractivity contribution in [3.63, 3.8) is 0 Å². The van der Waals surface area contributed by atoms with E-state index in [1.54, 1.807) is 12.0 Å². The number of carbonyl (C=O) groups excluding carboxylic acids is 2. The van der Waals surface area contributed by atoms with E-state index in [4.69, 9.17) is 9.47 Å². The van der Waals surface area contributed by atoms with E-state index in [2.05, 4.69) is 0 Å². The maximum atomic E-state index is 12.2. The standard InChI is InChI=1S/C18H25NO4/c1-18(2,3)23-17(21)19-9-8-16(20)14(12-19)10-13-6-5-7-15(11-13)22-4/h5-7,11,14H,8-10,12H2,1-4H3. The van der Waals surface area contributed by atoms with Crippen molar-refractivity contribution in [3.05, 3.63) is 29.8 Å². The summed E-state index contributed by atoms with van der Waals surface area (Å²) in [6.07, 6.45) is 0.643. The van der Waals surface area contributed by atoms with Crippen LogP contribution in [0.1, 0.15) is 32.8 Å². The van der Waals surface area contributed by atoms with E-state index in [0.717, 1.165) is 11.3 Å². The van der Waals surface area contributed by atoms with Crippen LogP contribution >= 0.6 is 0 Å². The second kappa shape index (κ2) is 7.02. The van der Waals surface area contributed by atoms with Crippen LogP contribution in [0.2, 0.25) is 0 Å². The van der Waals surface area contributed by atoms with Crippen molar-refractivity contribution in [1.82, 2.24) is 4.90 Å². The summed E-state index contributed by atoms with van der Waals surface area (Å²) in [6.45, 7) is 6.36. The number of hydrogen-bond donors (Lipinski definition) is 0. The van der Waals surface area contributed by atoms with Gasteiger partial charge in [0.05, 0.1) is 7.11 Å². The molecule has 1 heterocycles. The van der Waals surface area contributed by atoms with Gasteiger partial charge in [0.2, 0.25) is 0 Å². The summed E-state index contributed by atoms with van der Waals surface area (Å²) in [5.41, 5.74) is 0.509. The van der Waals surface area contributed by atoms with E-state index in [1.807, 2.05) is 45.0 Å². The van der Waals surface area contributed by atoms with Gasteiger partial charge in [-0.3, -0.25) is 4.79 Å². The molecular weight excluding hydrogens is 294 g/mol. The van der Waals surface area contributed by atoms with E-state index in [-0.39, 0.29) is 17.8 Å². The molecule has 0 aromatic heterocycles. The molecule has 1 aliphatic heterocycles. The first kappa shape index (κ1) is 17.3. The second-order valence-corrected chi connectivity index (χ2v) is 6.90. The van der Waals surface area contributed by atoms with Gasteiger partial charge in [0, 0.05) is 25.4 Å². The zero-order chi connectivity index (χ0) is 17.0. The average Bonchev–Trinajstić information content (AvgIpc) is 2.48. The van der Waals surface area contributed by atoms with Crippen molar-refractivity contribution in [2.24, 2.45) is 5.92 Å². The average molecular weight is 319 g/mol. The third-order valence-electron chi connectivity index (χ3n) is 3.79. The van der Waals surface area contributed by atoms with Crippen LogP contribution in [0.4, 0.5) is 4.79 Å². The van der Waals surface area contributed by atoms with Gasteiger partial charge in [-0.2, -0.15) is 0 Å². The van der Waals surface area contributed by atoms with Crippen molar-refractivity contribution < 1.29 is 19.1 Å². The van der Waals surface area contributed by atoms with Crippen molar-refractivity contribution in [2.45, 2.75) is 39.2 Å². The molecule has 5 heteroatoms. The van der Waals surface area contributed by atoms with Crippen LogP contribution in [0.15, 0.2) is 24.3 Å². The van der Waals surface area contributed by atoms with E-state index in [1.165, 1.54) is 0 Å². The SMILES string of the molecule is COc1cccc(CC2CN(C(=O)OC(C)(C)C)CCC2=O)c1. The summed E-state index contributed by atoms with van der Waals surface area (Å²) < 4.78 is 10.6. The third kappa shape index (κ3) is 4.98. The summed E-state index contributed by atoms with van der Waals surface area (Å²) in [5, 5.41) is 0. The minimum Gasteiger partial charge on any atom is -0.497 e. The van der Waals surface area contributed by atoms with E-state index >= 15 is 0 Å². The number of Topliss-reactive ketones (excluding diaryl/α,β-unsaturated/α-hetero) is 1. The lowest BCUT2D eigenvalue weighted by Gasteiger charge is -2.33. The first-order valence-corrected chi connectivity index (χ1v) is 7.92. The lowest BCUT2D eigenvalue weighted by Crippen LogP contribution is -2.46. The van der Waals surface area contributed by atoms with E-state index in [9.17, 15) is 9.59 Å². The zero-order valence-electron chi connectivity index (χ0n) is 14.3. The van der Waals surface area contributed by atoms with Crippen LogP contribution in [-0.4, -0.2) is 42.6 Å². The second-order valence-electron chi connectivity index (χ2n) is 6.90. The number of ketones is 1. The molecule has 1 saturated heterocycles. The van der Waals surface area contributed by atoms with Crippen LogP contribution in [0.3, 0.4) is 0 Å². The summed E-state index contributed by atoms with van der Waals surface area (Å²) in [6, 6.07) is 7.69. The number of hydrogen-bond acceptors (Lipinski definition) is 4. The molecule has 1 unspecified atom stereocenters. The Morgan fingerprint density at radius 2 is 2.09 bits per heavy atom. The number of carbonyl (C=O) groups is 2. The van der Waals surface area contributed by atoms with E-state index < -0.39 is 5.60 Å². The van der Waals surface area contributed by atoms with E-state index in [0.29, 0.717) is 25.9 Å². The molecule has 0 radical (unpaired) electrons. The number of piperidine rings is 1. The molecule has 1 aliphatic rings. The number of amides is 1. The Labute approximate surface area is 137 Å². The molecule has 1 aromatic rings. The van der Waals surface area contributed by atoms with Gasteiger partial charge in [0.15, 0.2) is 0 Å². The first-order chi connectivity index (χ1) is 10.8. The molecule has 0 aliphatic carbocycles. The number of methoxy groups -OCH3 is 1. The van der Waals surface area contributed by atoms with Gasteiger partial charge in [-0.1, -0.05) is 12.1 Å². The van der Waals surface area contributed by atoms with Crippen LogP contribution in [0.25, 0.3) is 0 Å². The van der Waals surface area contributed by atoms with Crippen LogP contribution in [-0.2, 0) is 16.0 Å². The van der Waals surface area contributed by atoms with Crippen molar-refractivity contribution in [2.75, 3.05) is 20.2 Å². The molecule has 23 heavy (non-hydrogen) atoms. The van der Waals surface area contributed by atoms with Crippen LogP contribution < -0.4 is 4.74 Å². The number of rotatable bonds is 3. The van der Waals surface area contributed by atoms with Gasteiger partial charge in [-0.25, -0.2) is 4.79 Å². The molecule has 126 valence electrons. The largest absolute Gasteiger partial charge is 0.497 e. The molecule has 0 N–H and O–H groups in total. The van der Waals surface area contributed by atoms with Gasteiger partial charge < -0.3 is 14.4 Å². The topological polar surface area (TPSA) is 55.8 Å². The first-order valence-electron chi connectivity index (χ1n) is 7.92. The molecule has 2 rings (SSSR count). The molecule has 1 fully saturated rings. The molecule has 1 amide bonds. The van der Waals surface area contributed by atoms with Gasteiger partial charge in [-0.05, 0) is 44.9 Å². The Balaban J connectivity index is 2.03. The van der Waals surface area contributed by atoms with Gasteiger partial charge >= 0.3 is 6.09 Å². The number of benzene rings is 1. The maximum absolute atomic E-state index is 12.2. The smallest absolute Gasteiger partial charge is 0.410 e. The van der Waals surface area contributed by atoms with Gasteiger partial charge in [-0.15, -0.1) is 0 Å². The monoisotopic (exact) mass is 319 g/mol. The van der Waals surface area contributed by atoms with Crippen molar-refractivity contribution in [1.29, 1.82) is 0 Å². The molecule has 1 atom stereocenters. The Hall–Kier alpha value is -2.04. The molecule has 1 aromatic carbocycles. The zero-order valence-corrected chi connectivity index (χ0v) is 14.3. The predicted molar refractivity (Wildman–Crippen MR) is 87.6 cm³/mol. The minimum atomic E-state index is -0.527. The highest BCUT2D eigenvalue weighted by Gasteiger charge is 2.32. The molecule has 0 spiro atoms. The van der Waals surface area contributed by atoms with Gasteiger partial charge in [0.25, 0.3) is 0 Å². The molecular formula is C18H25NO4. The Kier molecular flexibility index (Phi) is 5.29. The molecule has 0 bridgehead atoms. The van der Waals surface area contributed by atoms with Crippen molar-refractivity contribution >= 4 is 11.9 Å². The lowest BCUT2D eigenvalue weighted by atomic mass is 9.90. The predicted octanol–water partition coefficient (Wildman–Crippen LogP) is 3.06. The summed E-state index contributed by atoms with van der Waals surface area (Å²) in [5.74, 6) is 0.783. The Morgan fingerprint density at radius 1 is 1.35 bits per heavy atom. The highest BCUT2D eigenvalue weighted by molar-refractivity contribution is 5.84. The number of nitrogens with zero attached hydrogens (tertiary/aromatic N) is 1. The van der Waals surface area contributed by atoms with Crippen molar-refractivity contribution in [3.8, 4) is 5.75 Å². The third-order valence-corrected chi connectivity index (χ3v) is 3.79. The highest BCUT2D eigenvalue weighted by atomic mass is 16.6. The highest BCUT2D eigenvalue weighted by Crippen LogP contribution is 2.22. The van der Waals surface area contributed by atoms with Gasteiger partial charge in [0.1, 0.15) is 17.1 Å². The fourth-order valence-corrected chi connectivity index (χ4v) is 2.66. The van der Waals surface area contributed by atoms with Crippen LogP contribution in [0, 0.1) is 5.92 Å². The minimum absolute atomic E-state index is 0.191. The Bertz CT molecular complexity index is 577. The normalized spacial score (nSPS) is 18.7. The lowest BCUT2D eigenvalue weighted by molar-refractivity contribution is -0.125. The Morgan fingerprint density at radius 3 is 2.74 bits per heavy atom.